The molecule has 3 N–H and O–H groups in total. The average Bonchev–Trinajstić information content (AvgIpc) is 1.70. The molecule has 0 unspecified atom stereocenters. The first-order valence-corrected chi connectivity index (χ1v) is 35.1. The summed E-state index contributed by atoms with van der Waals surface area (Å²) in [6.45, 7) is 41.6. The van der Waals surface area contributed by atoms with E-state index in [1.54, 1.807) is 0 Å². The predicted octanol–water partition coefficient (Wildman–Crippen LogP) is 24.4. The summed E-state index contributed by atoms with van der Waals surface area (Å²) in [5.41, 5.74) is 23.5. The molecule has 0 aliphatic carbocycles. The van der Waals surface area contributed by atoms with E-state index in [2.05, 4.69) is 268 Å². The van der Waals surface area contributed by atoms with Gasteiger partial charge in [0.05, 0.1) is 22.8 Å². The largest absolute Gasteiger partial charge is 0.354 e. The zero-order valence-electron chi connectivity index (χ0n) is 59.0. The lowest BCUT2D eigenvalue weighted by Crippen LogP contribution is -2.16. The molecule has 0 fully saturated rings. The molecule has 0 atom stereocenters. The van der Waals surface area contributed by atoms with Gasteiger partial charge in [-0.2, -0.15) is 12.6 Å². The maximum atomic E-state index is 13.5. The molecule has 6 nitrogen and oxygen atoms in total. The van der Waals surface area contributed by atoms with Gasteiger partial charge in [0.15, 0.2) is 0 Å². The lowest BCUT2D eigenvalue weighted by atomic mass is 9.78. The van der Waals surface area contributed by atoms with E-state index in [1.807, 2.05) is 12.1 Å². The smallest absolute Gasteiger partial charge is 0.224 e. The molecule has 0 saturated carbocycles. The van der Waals surface area contributed by atoms with Gasteiger partial charge >= 0.3 is 0 Å². The van der Waals surface area contributed by atoms with Gasteiger partial charge in [0, 0.05) is 56.4 Å². The van der Waals surface area contributed by atoms with Crippen molar-refractivity contribution in [2.45, 2.75) is 247 Å². The van der Waals surface area contributed by atoms with Crippen LogP contribution in [0.2, 0.25) is 0 Å². The van der Waals surface area contributed by atoms with E-state index >= 15 is 0 Å². The van der Waals surface area contributed by atoms with Crippen molar-refractivity contribution in [3.05, 3.63) is 159 Å². The quantitative estimate of drug-likeness (QED) is 0.0453. The second-order valence-corrected chi connectivity index (χ2v) is 33.0. The van der Waals surface area contributed by atoms with Crippen molar-refractivity contribution in [1.29, 1.82) is 0 Å². The number of unbranched alkanes of at least 4 members (excludes halogenated alkanes) is 12. The Hall–Kier alpha value is -6.70. The number of aromatic amines is 2. The number of aromatic nitrogens is 4. The molecule has 3 aromatic heterocycles. The molecule has 2 aliphatic rings. The number of nitrogens with one attached hydrogen (secondary N) is 3. The third kappa shape index (κ3) is 17.1. The standard InChI is InChI=1S/C84H109N5OS/c1-79(2,3)59-46-56(47-60(52-59)80(4,5)6)76-68-39-37-66(86-68)75(55-33-35-65(36-34-55)85-74(90)32-30-28-26-24-22-20-19-21-23-25-27-29-31-45-91)67-38-40-69(87-67)77(57-48-61(81(7,8)9)53-62(49-57)82(10,11)12)71-42-44-73(89-71)78(72-43-41-70(76)88-72)58-50-63(83(13,14)15)54-64(51-58)84(16,17)18/h33-44,46-54,86,89,91H,19-32,45H2,1-18H3,(H,85,90). The third-order valence-corrected chi connectivity index (χ3v) is 19.0. The Kier molecular flexibility index (Phi) is 21.0. The van der Waals surface area contributed by atoms with Crippen LogP contribution in [0, 0.1) is 0 Å². The normalized spacial score (nSPS) is 13.2. The molecule has 9 rings (SSSR count). The van der Waals surface area contributed by atoms with Gasteiger partial charge in [-0.1, -0.05) is 262 Å². The molecule has 1 amide bonds. The summed E-state index contributed by atoms with van der Waals surface area (Å²) in [4.78, 5) is 33.3. The molecule has 482 valence electrons. The Morgan fingerprint density at radius 2 is 0.593 bits per heavy atom. The number of anilines is 1. The SMILES string of the molecule is CC(C)(C)c1cc(-c2c3nc(c(-c4cc(C(C)(C)C)cc(C(C)(C)C)c4)c4ccc([nH]4)c(-c4cc(C(C)(C)C)cc(C(C)(C)C)c4)c4nc(c(-c5ccc(NC(=O)CCCCCCCCCCCCCCCS)cc5)c5ccc2[nH]5)C=C4)C=C3)cc(C(C)(C)C)c1. The Morgan fingerprint density at radius 3 is 0.857 bits per heavy atom. The van der Waals surface area contributed by atoms with Gasteiger partial charge < -0.3 is 15.3 Å². The lowest BCUT2D eigenvalue weighted by molar-refractivity contribution is -0.116. The van der Waals surface area contributed by atoms with Gasteiger partial charge in [0.2, 0.25) is 5.91 Å². The molecule has 0 radical (unpaired) electrons. The maximum absolute atomic E-state index is 13.5. The Bertz CT molecular complexity index is 3800. The van der Waals surface area contributed by atoms with E-state index in [4.69, 9.17) is 9.97 Å². The summed E-state index contributed by atoms with van der Waals surface area (Å²) in [5, 5.41) is 3.25. The molecule has 5 heterocycles. The van der Waals surface area contributed by atoms with Crippen molar-refractivity contribution < 1.29 is 4.79 Å². The molecule has 4 aromatic carbocycles. The molecule has 0 saturated heterocycles. The molecule has 8 bridgehead atoms. The van der Waals surface area contributed by atoms with Gasteiger partial charge in [-0.25, -0.2) is 9.97 Å². The number of fused-ring (bicyclic) bond motifs is 8. The highest BCUT2D eigenvalue weighted by atomic mass is 32.1. The molecule has 0 spiro atoms. The summed E-state index contributed by atoms with van der Waals surface area (Å²) in [6.07, 6.45) is 25.7. The van der Waals surface area contributed by atoms with Gasteiger partial charge in [0.25, 0.3) is 0 Å². The monoisotopic (exact) mass is 1240 g/mol. The van der Waals surface area contributed by atoms with Crippen LogP contribution in [0.3, 0.4) is 0 Å². The first kappa shape index (κ1) is 68.7. The van der Waals surface area contributed by atoms with Gasteiger partial charge in [0.1, 0.15) is 0 Å². The molecule has 2 aliphatic heterocycles. The number of rotatable bonds is 20. The number of carbonyl (C=O) groups is 1. The number of nitrogens with zero attached hydrogens (tertiary/aromatic N) is 2. The number of hydrogen-bond acceptors (Lipinski definition) is 4. The number of amides is 1. The molecule has 7 heteroatoms. The van der Waals surface area contributed by atoms with Crippen LogP contribution in [0.5, 0.6) is 0 Å². The van der Waals surface area contributed by atoms with E-state index in [0.717, 1.165) is 114 Å². The lowest BCUT2D eigenvalue weighted by Gasteiger charge is -2.26. The first-order chi connectivity index (χ1) is 42.8. The van der Waals surface area contributed by atoms with Gasteiger partial charge in [-0.15, -0.1) is 0 Å². The van der Waals surface area contributed by atoms with Crippen LogP contribution in [-0.4, -0.2) is 31.6 Å². The van der Waals surface area contributed by atoms with E-state index in [1.165, 1.54) is 104 Å². The number of H-pyrrole nitrogens is 2. The maximum Gasteiger partial charge on any atom is 0.224 e. The van der Waals surface area contributed by atoms with Crippen molar-refractivity contribution in [3.8, 4) is 44.5 Å². The van der Waals surface area contributed by atoms with E-state index < -0.39 is 0 Å². The number of hydrogen-bond donors (Lipinski definition) is 4. The Labute approximate surface area is 553 Å². The fourth-order valence-electron chi connectivity index (χ4n) is 12.6. The minimum Gasteiger partial charge on any atom is -0.354 e. The summed E-state index contributed by atoms with van der Waals surface area (Å²) < 4.78 is 0. The Balaban J connectivity index is 1.24. The highest BCUT2D eigenvalue weighted by molar-refractivity contribution is 7.80. The van der Waals surface area contributed by atoms with Crippen LogP contribution < -0.4 is 5.32 Å². The van der Waals surface area contributed by atoms with Crippen molar-refractivity contribution >= 4 is 70.6 Å². The number of benzene rings is 4. The molecule has 91 heavy (non-hydrogen) atoms. The zero-order chi connectivity index (χ0) is 65.8. The third-order valence-electron chi connectivity index (χ3n) is 18.6. The zero-order valence-corrected chi connectivity index (χ0v) is 59.9. The van der Waals surface area contributed by atoms with Crippen molar-refractivity contribution in [2.75, 3.05) is 11.1 Å². The second kappa shape index (κ2) is 27.9. The van der Waals surface area contributed by atoms with Crippen LogP contribution >= 0.6 is 12.6 Å². The fourth-order valence-corrected chi connectivity index (χ4v) is 12.8. The summed E-state index contributed by atoms with van der Waals surface area (Å²) in [7, 11) is 0. The van der Waals surface area contributed by atoms with E-state index in [9.17, 15) is 4.79 Å². The fraction of sp³-hybridized carbons (Fsp3) is 0.464. The van der Waals surface area contributed by atoms with Crippen molar-refractivity contribution in [2.24, 2.45) is 0 Å². The van der Waals surface area contributed by atoms with E-state index in [-0.39, 0.29) is 38.4 Å². The minimum absolute atomic E-state index is 0.0619. The highest BCUT2D eigenvalue weighted by Gasteiger charge is 2.28. The summed E-state index contributed by atoms with van der Waals surface area (Å²) in [5.74, 6) is 1.07. The van der Waals surface area contributed by atoms with Gasteiger partial charge in [-0.3, -0.25) is 4.79 Å². The summed E-state index contributed by atoms with van der Waals surface area (Å²) >= 11 is 4.34. The van der Waals surface area contributed by atoms with Crippen LogP contribution in [0.1, 0.15) is 271 Å². The number of carbonyl (C=O) groups excluding carboxylic acids is 1. The van der Waals surface area contributed by atoms with Crippen LogP contribution in [-0.2, 0) is 37.3 Å². The average molecular weight is 1240 g/mol. The van der Waals surface area contributed by atoms with Crippen LogP contribution in [0.15, 0.2) is 103 Å². The number of thiol groups is 1. The molecule has 7 aromatic rings. The molecular weight excluding hydrogens is 1130 g/mol. The van der Waals surface area contributed by atoms with Gasteiger partial charge in [-0.05, 0) is 167 Å². The van der Waals surface area contributed by atoms with Crippen molar-refractivity contribution in [3.63, 3.8) is 0 Å². The second-order valence-electron chi connectivity index (χ2n) is 32.6. The Morgan fingerprint density at radius 1 is 0.341 bits per heavy atom. The first-order valence-electron chi connectivity index (χ1n) is 34.4. The highest BCUT2D eigenvalue weighted by Crippen LogP contribution is 2.44. The minimum atomic E-state index is -0.119. The van der Waals surface area contributed by atoms with Crippen LogP contribution in [0.4, 0.5) is 5.69 Å². The van der Waals surface area contributed by atoms with Crippen molar-refractivity contribution in [1.82, 2.24) is 19.9 Å². The topological polar surface area (TPSA) is 86.5 Å². The molecular formula is C84H109N5OS. The predicted molar refractivity (Wildman–Crippen MR) is 400 cm³/mol. The van der Waals surface area contributed by atoms with Crippen LogP contribution in [0.25, 0.3) is 90.9 Å². The summed E-state index contributed by atoms with van der Waals surface area (Å²) in [6, 6.07) is 38.9. The van der Waals surface area contributed by atoms with E-state index in [0.29, 0.717) is 6.42 Å².